The molecule has 0 aliphatic carbocycles. The second-order valence-electron chi connectivity index (χ2n) is 3.58. The van der Waals surface area contributed by atoms with Gasteiger partial charge in [0.2, 0.25) is 0 Å². The van der Waals surface area contributed by atoms with E-state index < -0.39 is 0 Å². The third kappa shape index (κ3) is 3.42. The molecule has 0 bridgehead atoms. The normalized spacial score (nSPS) is 13.5. The molecule has 1 aromatic rings. The maximum atomic E-state index is 8.53. The van der Waals surface area contributed by atoms with Crippen LogP contribution in [0, 0.1) is 0 Å². The average Bonchev–Trinajstić information content (AvgIpc) is 2.28. The third-order valence-electron chi connectivity index (χ3n) is 2.13. The lowest BCUT2D eigenvalue weighted by Gasteiger charge is -2.13. The van der Waals surface area contributed by atoms with Crippen LogP contribution in [-0.2, 0) is 0 Å². The summed E-state index contributed by atoms with van der Waals surface area (Å²) in [6, 6.07) is 3.40. The van der Waals surface area contributed by atoms with Crippen molar-refractivity contribution in [3.8, 4) is 5.75 Å². The van der Waals surface area contributed by atoms with Gasteiger partial charge in [-0.1, -0.05) is 18.5 Å². The van der Waals surface area contributed by atoms with Gasteiger partial charge in [0, 0.05) is 12.3 Å². The zero-order chi connectivity index (χ0) is 12.0. The van der Waals surface area contributed by atoms with E-state index in [0.717, 1.165) is 12.8 Å². The average molecular weight is 223 g/mol. The van der Waals surface area contributed by atoms with Crippen molar-refractivity contribution in [1.29, 1.82) is 0 Å². The van der Waals surface area contributed by atoms with E-state index in [2.05, 4.69) is 17.1 Å². The largest absolute Gasteiger partial charge is 0.491 e. The van der Waals surface area contributed by atoms with Crippen molar-refractivity contribution < 1.29 is 9.94 Å². The van der Waals surface area contributed by atoms with Crippen molar-refractivity contribution >= 4 is 5.84 Å². The Morgan fingerprint density at radius 1 is 1.69 bits per heavy atom. The highest BCUT2D eigenvalue weighted by Gasteiger charge is 2.06. The van der Waals surface area contributed by atoms with Crippen molar-refractivity contribution in [1.82, 2.24) is 4.98 Å². The SMILES string of the molecule is CCCC(C)Oc1ccnc(/C(N)=N/O)c1. The van der Waals surface area contributed by atoms with Gasteiger partial charge in [-0.05, 0) is 19.4 Å². The molecule has 0 spiro atoms. The van der Waals surface area contributed by atoms with Gasteiger partial charge in [0.1, 0.15) is 11.4 Å². The Labute approximate surface area is 94.9 Å². The van der Waals surface area contributed by atoms with Crippen LogP contribution < -0.4 is 10.5 Å². The predicted molar refractivity (Wildman–Crippen MR) is 61.7 cm³/mol. The number of hydrogen-bond donors (Lipinski definition) is 2. The summed E-state index contributed by atoms with van der Waals surface area (Å²) in [6.45, 7) is 4.11. The Bertz CT molecular complexity index is 366. The molecule has 0 saturated carbocycles. The minimum atomic E-state index is -0.0198. The number of oxime groups is 1. The first kappa shape index (κ1) is 12.3. The van der Waals surface area contributed by atoms with E-state index >= 15 is 0 Å². The van der Waals surface area contributed by atoms with E-state index in [4.69, 9.17) is 15.7 Å². The fraction of sp³-hybridized carbons (Fsp3) is 0.455. The highest BCUT2D eigenvalue weighted by Crippen LogP contribution is 2.14. The van der Waals surface area contributed by atoms with Crippen molar-refractivity contribution in [3.05, 3.63) is 24.0 Å². The highest BCUT2D eigenvalue weighted by molar-refractivity contribution is 5.95. The quantitative estimate of drug-likeness (QED) is 0.345. The zero-order valence-electron chi connectivity index (χ0n) is 9.55. The van der Waals surface area contributed by atoms with Crippen LogP contribution in [0.25, 0.3) is 0 Å². The molecule has 1 rings (SSSR count). The molecule has 88 valence electrons. The van der Waals surface area contributed by atoms with Crippen molar-refractivity contribution in [2.24, 2.45) is 10.9 Å². The molecule has 3 N–H and O–H groups in total. The maximum absolute atomic E-state index is 8.53. The summed E-state index contributed by atoms with van der Waals surface area (Å²) in [7, 11) is 0. The number of pyridine rings is 1. The van der Waals surface area contributed by atoms with E-state index in [1.54, 1.807) is 18.3 Å². The van der Waals surface area contributed by atoms with Gasteiger partial charge in [-0.2, -0.15) is 0 Å². The maximum Gasteiger partial charge on any atom is 0.188 e. The zero-order valence-corrected chi connectivity index (χ0v) is 9.55. The molecule has 1 atom stereocenters. The Morgan fingerprint density at radius 2 is 2.44 bits per heavy atom. The van der Waals surface area contributed by atoms with Gasteiger partial charge in [-0.3, -0.25) is 4.98 Å². The molecule has 0 fully saturated rings. The van der Waals surface area contributed by atoms with Crippen LogP contribution in [0.15, 0.2) is 23.5 Å². The molecule has 1 aromatic heterocycles. The van der Waals surface area contributed by atoms with Crippen LogP contribution in [0.5, 0.6) is 5.75 Å². The fourth-order valence-corrected chi connectivity index (χ4v) is 1.37. The second-order valence-corrected chi connectivity index (χ2v) is 3.58. The van der Waals surface area contributed by atoms with Gasteiger partial charge < -0.3 is 15.7 Å². The van der Waals surface area contributed by atoms with Crippen LogP contribution >= 0.6 is 0 Å². The Kier molecular flexibility index (Phi) is 4.57. The first-order valence-electron chi connectivity index (χ1n) is 5.28. The molecular weight excluding hydrogens is 206 g/mol. The molecule has 0 amide bonds. The Morgan fingerprint density at radius 3 is 3.06 bits per heavy atom. The lowest BCUT2D eigenvalue weighted by atomic mass is 10.2. The molecule has 5 nitrogen and oxygen atoms in total. The number of rotatable bonds is 5. The van der Waals surface area contributed by atoms with Crippen LogP contribution in [0.2, 0.25) is 0 Å². The van der Waals surface area contributed by atoms with Gasteiger partial charge in [0.15, 0.2) is 5.84 Å². The monoisotopic (exact) mass is 223 g/mol. The van der Waals surface area contributed by atoms with Gasteiger partial charge >= 0.3 is 0 Å². The lowest BCUT2D eigenvalue weighted by Crippen LogP contribution is -2.16. The molecule has 0 radical (unpaired) electrons. The van der Waals surface area contributed by atoms with Gasteiger partial charge in [-0.15, -0.1) is 0 Å². The van der Waals surface area contributed by atoms with E-state index in [-0.39, 0.29) is 11.9 Å². The molecule has 5 heteroatoms. The number of nitrogens with two attached hydrogens (primary N) is 1. The standard InChI is InChI=1S/C11H17N3O2/c1-3-4-8(2)16-9-5-6-13-10(7-9)11(12)14-15/h5-8,15H,3-4H2,1-2H3,(H2,12,14). The molecular formula is C11H17N3O2. The lowest BCUT2D eigenvalue weighted by molar-refractivity contribution is 0.209. The summed E-state index contributed by atoms with van der Waals surface area (Å²) in [5.74, 6) is 0.658. The predicted octanol–water partition coefficient (Wildman–Crippen LogP) is 1.74. The Hall–Kier alpha value is -1.78. The topological polar surface area (TPSA) is 80.7 Å². The number of amidine groups is 1. The van der Waals surface area contributed by atoms with E-state index in [9.17, 15) is 0 Å². The number of hydrogen-bond acceptors (Lipinski definition) is 4. The summed E-state index contributed by atoms with van der Waals surface area (Å²) in [6.07, 6.45) is 3.77. The first-order chi connectivity index (χ1) is 7.67. The smallest absolute Gasteiger partial charge is 0.188 e. The molecule has 0 aliphatic rings. The third-order valence-corrected chi connectivity index (χ3v) is 2.13. The highest BCUT2D eigenvalue weighted by atomic mass is 16.5. The van der Waals surface area contributed by atoms with Crippen LogP contribution in [0.4, 0.5) is 0 Å². The summed E-state index contributed by atoms with van der Waals surface area (Å²) in [5.41, 5.74) is 5.84. The summed E-state index contributed by atoms with van der Waals surface area (Å²) in [4.78, 5) is 3.97. The molecule has 0 aliphatic heterocycles. The van der Waals surface area contributed by atoms with E-state index in [1.165, 1.54) is 0 Å². The fourth-order valence-electron chi connectivity index (χ4n) is 1.37. The number of ether oxygens (including phenoxy) is 1. The minimum absolute atomic E-state index is 0.0198. The summed E-state index contributed by atoms with van der Waals surface area (Å²) < 4.78 is 5.66. The molecule has 16 heavy (non-hydrogen) atoms. The summed E-state index contributed by atoms with van der Waals surface area (Å²) in [5, 5.41) is 11.4. The van der Waals surface area contributed by atoms with Gasteiger partial charge in [0.25, 0.3) is 0 Å². The van der Waals surface area contributed by atoms with Crippen molar-refractivity contribution in [3.63, 3.8) is 0 Å². The molecule has 0 saturated heterocycles. The van der Waals surface area contributed by atoms with Crippen molar-refractivity contribution in [2.45, 2.75) is 32.8 Å². The second kappa shape index (κ2) is 5.95. The van der Waals surface area contributed by atoms with Crippen LogP contribution in [0.3, 0.4) is 0 Å². The first-order valence-corrected chi connectivity index (χ1v) is 5.28. The van der Waals surface area contributed by atoms with Gasteiger partial charge in [0.05, 0.1) is 6.10 Å². The minimum Gasteiger partial charge on any atom is -0.491 e. The van der Waals surface area contributed by atoms with Gasteiger partial charge in [-0.25, -0.2) is 0 Å². The number of nitrogens with zero attached hydrogens (tertiary/aromatic N) is 2. The van der Waals surface area contributed by atoms with E-state index in [0.29, 0.717) is 11.4 Å². The van der Waals surface area contributed by atoms with E-state index in [1.807, 2.05) is 6.92 Å². The molecule has 0 aromatic carbocycles. The molecule has 1 unspecified atom stereocenters. The van der Waals surface area contributed by atoms with Crippen LogP contribution in [0.1, 0.15) is 32.4 Å². The van der Waals surface area contributed by atoms with Crippen LogP contribution in [-0.4, -0.2) is 22.1 Å². The summed E-state index contributed by atoms with van der Waals surface area (Å²) >= 11 is 0. The number of aromatic nitrogens is 1. The van der Waals surface area contributed by atoms with Crippen molar-refractivity contribution in [2.75, 3.05) is 0 Å². The molecule has 1 heterocycles. The Balaban J connectivity index is 2.75.